The van der Waals surface area contributed by atoms with Crippen molar-refractivity contribution < 1.29 is 14.3 Å². The van der Waals surface area contributed by atoms with E-state index in [9.17, 15) is 4.79 Å². The molecule has 1 atom stereocenters. The number of likely N-dealkylation sites (tertiary alicyclic amines) is 1. The monoisotopic (exact) mass is 448 g/mol. The van der Waals surface area contributed by atoms with Crippen molar-refractivity contribution in [3.8, 4) is 17.1 Å². The van der Waals surface area contributed by atoms with Crippen molar-refractivity contribution in [2.24, 2.45) is 0 Å². The standard InChI is InChI=1S/C24H28N6O3/c1-28(2)18-6-4-17(5-7-18)20-14-21-22(26-9-8-25-21)23(27-20)33-16-19-15-30(12-13-32-19)24(31)29-10-3-11-29/h4-9,14,19H,3,10-13,15-16H2,1-2H3. The lowest BCUT2D eigenvalue weighted by atomic mass is 10.1. The predicted octanol–water partition coefficient (Wildman–Crippen LogP) is 2.66. The third-order valence-electron chi connectivity index (χ3n) is 6.05. The Morgan fingerprint density at radius 2 is 1.91 bits per heavy atom. The van der Waals surface area contributed by atoms with Crippen LogP contribution in [0.4, 0.5) is 10.5 Å². The number of benzene rings is 1. The molecule has 33 heavy (non-hydrogen) atoms. The van der Waals surface area contributed by atoms with Gasteiger partial charge < -0.3 is 24.2 Å². The van der Waals surface area contributed by atoms with Gasteiger partial charge in [0.15, 0.2) is 5.52 Å². The average molecular weight is 449 g/mol. The van der Waals surface area contributed by atoms with Gasteiger partial charge in [0.25, 0.3) is 0 Å². The summed E-state index contributed by atoms with van der Waals surface area (Å²) < 4.78 is 12.0. The Balaban J connectivity index is 1.34. The number of nitrogens with zero attached hydrogens (tertiary/aromatic N) is 6. The number of carbonyl (C=O) groups excluding carboxylic acids is 1. The third kappa shape index (κ3) is 4.54. The molecule has 0 radical (unpaired) electrons. The van der Waals surface area contributed by atoms with Gasteiger partial charge in [-0.05, 0) is 24.6 Å². The maximum Gasteiger partial charge on any atom is 0.320 e. The molecule has 9 nitrogen and oxygen atoms in total. The fourth-order valence-corrected chi connectivity index (χ4v) is 4.00. The van der Waals surface area contributed by atoms with Gasteiger partial charge in [-0.2, -0.15) is 0 Å². The van der Waals surface area contributed by atoms with Crippen LogP contribution in [0.3, 0.4) is 0 Å². The van der Waals surface area contributed by atoms with E-state index in [0.29, 0.717) is 36.6 Å². The maximum absolute atomic E-state index is 12.6. The quantitative estimate of drug-likeness (QED) is 0.593. The number of hydrogen-bond donors (Lipinski definition) is 0. The Hall–Kier alpha value is -3.46. The first-order valence-electron chi connectivity index (χ1n) is 11.3. The number of pyridine rings is 1. The zero-order valence-electron chi connectivity index (χ0n) is 19.0. The molecule has 2 aromatic heterocycles. The van der Waals surface area contributed by atoms with Gasteiger partial charge in [0, 0.05) is 57.4 Å². The summed E-state index contributed by atoms with van der Waals surface area (Å²) in [6.45, 7) is 3.58. The molecular weight excluding hydrogens is 420 g/mol. The third-order valence-corrected chi connectivity index (χ3v) is 6.05. The highest BCUT2D eigenvalue weighted by Gasteiger charge is 2.30. The molecular formula is C24H28N6O3. The van der Waals surface area contributed by atoms with Crippen LogP contribution < -0.4 is 9.64 Å². The van der Waals surface area contributed by atoms with Crippen molar-refractivity contribution in [3.63, 3.8) is 0 Å². The topological polar surface area (TPSA) is 83.9 Å². The number of amides is 2. The van der Waals surface area contributed by atoms with Gasteiger partial charge in [0.05, 0.1) is 24.4 Å². The molecule has 1 aromatic carbocycles. The van der Waals surface area contributed by atoms with E-state index in [0.717, 1.165) is 36.5 Å². The van der Waals surface area contributed by atoms with E-state index in [2.05, 4.69) is 27.0 Å². The molecule has 1 unspecified atom stereocenters. The number of ether oxygens (including phenoxy) is 2. The summed E-state index contributed by atoms with van der Waals surface area (Å²) in [6.07, 6.45) is 4.15. The molecule has 5 rings (SSSR count). The van der Waals surface area contributed by atoms with Crippen LogP contribution >= 0.6 is 0 Å². The summed E-state index contributed by atoms with van der Waals surface area (Å²) in [5.41, 5.74) is 4.17. The molecule has 2 saturated heterocycles. The maximum atomic E-state index is 12.6. The average Bonchev–Trinajstić information content (AvgIpc) is 2.81. The lowest BCUT2D eigenvalue weighted by Crippen LogP contribution is -2.55. The number of aromatic nitrogens is 3. The first-order chi connectivity index (χ1) is 16.1. The summed E-state index contributed by atoms with van der Waals surface area (Å²) >= 11 is 0. The number of anilines is 1. The number of urea groups is 1. The Bertz CT molecular complexity index is 1130. The summed E-state index contributed by atoms with van der Waals surface area (Å²) in [5.74, 6) is 0.419. The molecule has 2 aliphatic rings. The predicted molar refractivity (Wildman–Crippen MR) is 125 cm³/mol. The van der Waals surface area contributed by atoms with Gasteiger partial charge in [0.2, 0.25) is 5.88 Å². The van der Waals surface area contributed by atoms with Gasteiger partial charge in [-0.1, -0.05) is 12.1 Å². The van der Waals surface area contributed by atoms with Crippen molar-refractivity contribution in [1.82, 2.24) is 24.8 Å². The molecule has 0 bridgehead atoms. The van der Waals surface area contributed by atoms with E-state index in [1.807, 2.05) is 42.1 Å². The van der Waals surface area contributed by atoms with Crippen LogP contribution in [0.2, 0.25) is 0 Å². The van der Waals surface area contributed by atoms with Gasteiger partial charge in [-0.3, -0.25) is 4.98 Å². The fourth-order valence-electron chi connectivity index (χ4n) is 4.00. The Labute approximate surface area is 192 Å². The first kappa shape index (κ1) is 21.4. The Morgan fingerprint density at radius 1 is 1.12 bits per heavy atom. The summed E-state index contributed by atoms with van der Waals surface area (Å²) in [4.78, 5) is 32.0. The molecule has 0 aliphatic carbocycles. The van der Waals surface area contributed by atoms with Gasteiger partial charge in [-0.15, -0.1) is 0 Å². The van der Waals surface area contributed by atoms with Crippen LogP contribution in [0.25, 0.3) is 22.3 Å². The highest BCUT2D eigenvalue weighted by Crippen LogP contribution is 2.28. The van der Waals surface area contributed by atoms with E-state index in [4.69, 9.17) is 14.5 Å². The Morgan fingerprint density at radius 3 is 2.64 bits per heavy atom. The van der Waals surface area contributed by atoms with Crippen molar-refractivity contribution in [3.05, 3.63) is 42.7 Å². The van der Waals surface area contributed by atoms with Crippen LogP contribution in [-0.2, 0) is 4.74 Å². The van der Waals surface area contributed by atoms with Crippen LogP contribution in [0, 0.1) is 0 Å². The second-order valence-electron chi connectivity index (χ2n) is 8.55. The van der Waals surface area contributed by atoms with E-state index < -0.39 is 0 Å². The number of morpholine rings is 1. The zero-order valence-corrected chi connectivity index (χ0v) is 19.0. The molecule has 2 aliphatic heterocycles. The highest BCUT2D eigenvalue weighted by atomic mass is 16.5. The van der Waals surface area contributed by atoms with Crippen LogP contribution in [0.15, 0.2) is 42.7 Å². The second kappa shape index (κ2) is 9.19. The normalized spacial score (nSPS) is 18.2. The second-order valence-corrected chi connectivity index (χ2v) is 8.55. The molecule has 3 aromatic rings. The van der Waals surface area contributed by atoms with E-state index in [-0.39, 0.29) is 18.7 Å². The van der Waals surface area contributed by atoms with E-state index in [1.165, 1.54) is 0 Å². The molecule has 0 N–H and O–H groups in total. The van der Waals surface area contributed by atoms with Crippen molar-refractivity contribution >= 4 is 22.8 Å². The highest BCUT2D eigenvalue weighted by molar-refractivity contribution is 5.83. The van der Waals surface area contributed by atoms with E-state index >= 15 is 0 Å². The summed E-state index contributed by atoms with van der Waals surface area (Å²) in [7, 11) is 4.02. The van der Waals surface area contributed by atoms with Crippen LogP contribution in [-0.4, -0.2) is 90.4 Å². The minimum atomic E-state index is -0.222. The lowest BCUT2D eigenvalue weighted by molar-refractivity contribution is -0.0412. The minimum Gasteiger partial charge on any atom is -0.473 e. The number of rotatable bonds is 5. The summed E-state index contributed by atoms with van der Waals surface area (Å²) in [5, 5.41) is 0. The Kier molecular flexibility index (Phi) is 5.95. The summed E-state index contributed by atoms with van der Waals surface area (Å²) in [6, 6.07) is 10.2. The van der Waals surface area contributed by atoms with Gasteiger partial charge in [-0.25, -0.2) is 14.8 Å². The molecule has 9 heteroatoms. The molecule has 0 saturated carbocycles. The lowest BCUT2D eigenvalue weighted by Gasteiger charge is -2.39. The van der Waals surface area contributed by atoms with E-state index in [1.54, 1.807) is 12.4 Å². The fraction of sp³-hybridized carbons (Fsp3) is 0.417. The van der Waals surface area contributed by atoms with Crippen LogP contribution in [0.5, 0.6) is 5.88 Å². The largest absolute Gasteiger partial charge is 0.473 e. The van der Waals surface area contributed by atoms with Crippen molar-refractivity contribution in [2.75, 3.05) is 58.4 Å². The molecule has 0 spiro atoms. The minimum absolute atomic E-state index is 0.0900. The SMILES string of the molecule is CN(C)c1ccc(-c2cc3nccnc3c(OCC3CN(C(=O)N4CCC4)CCO3)n2)cc1. The molecule has 2 fully saturated rings. The number of carbonyl (C=O) groups is 1. The smallest absolute Gasteiger partial charge is 0.320 e. The first-order valence-corrected chi connectivity index (χ1v) is 11.3. The molecule has 4 heterocycles. The number of fused-ring (bicyclic) bond motifs is 1. The molecule has 172 valence electrons. The zero-order chi connectivity index (χ0) is 22.8. The molecule has 2 amide bonds. The number of hydrogen-bond acceptors (Lipinski definition) is 7. The van der Waals surface area contributed by atoms with Crippen LogP contribution in [0.1, 0.15) is 6.42 Å². The van der Waals surface area contributed by atoms with Gasteiger partial charge >= 0.3 is 6.03 Å². The van der Waals surface area contributed by atoms with Crippen molar-refractivity contribution in [1.29, 1.82) is 0 Å². The van der Waals surface area contributed by atoms with Gasteiger partial charge in [0.1, 0.15) is 12.7 Å². The van der Waals surface area contributed by atoms with Crippen molar-refractivity contribution in [2.45, 2.75) is 12.5 Å².